The molecule has 4 rings (SSSR count). The van der Waals surface area contributed by atoms with Crippen LogP contribution in [0.2, 0.25) is 0 Å². The van der Waals surface area contributed by atoms with E-state index in [1.54, 1.807) is 36.7 Å². The largest absolute Gasteiger partial charge is 0.454 e. The van der Waals surface area contributed by atoms with Crippen molar-refractivity contribution in [1.29, 1.82) is 0 Å². The van der Waals surface area contributed by atoms with Gasteiger partial charge in [-0.25, -0.2) is 4.31 Å². The second-order valence-electron chi connectivity index (χ2n) is 6.06. The fourth-order valence-corrected chi connectivity index (χ4v) is 3.65. The van der Waals surface area contributed by atoms with Gasteiger partial charge in [-0.15, -0.1) is 4.40 Å². The molecule has 1 aromatic carbocycles. The number of ether oxygens (including phenoxy) is 2. The van der Waals surface area contributed by atoms with Gasteiger partial charge in [-0.2, -0.15) is 8.42 Å². The Balaban J connectivity index is 1.62. The highest BCUT2D eigenvalue weighted by atomic mass is 32.2. The van der Waals surface area contributed by atoms with E-state index in [1.807, 2.05) is 6.07 Å². The van der Waals surface area contributed by atoms with E-state index in [0.717, 1.165) is 9.87 Å². The molecule has 0 unspecified atom stereocenters. The van der Waals surface area contributed by atoms with Crippen molar-refractivity contribution in [2.75, 3.05) is 13.8 Å². The van der Waals surface area contributed by atoms with Crippen molar-refractivity contribution >= 4 is 21.8 Å². The zero-order chi connectivity index (χ0) is 19.7. The summed E-state index contributed by atoms with van der Waals surface area (Å²) in [4.78, 5) is 16.6. The minimum absolute atomic E-state index is 0.0356. The van der Waals surface area contributed by atoms with Crippen LogP contribution in [0, 0.1) is 0 Å². The van der Waals surface area contributed by atoms with E-state index in [4.69, 9.17) is 9.47 Å². The van der Waals surface area contributed by atoms with E-state index in [-0.39, 0.29) is 24.7 Å². The Morgan fingerprint density at radius 2 is 2.07 bits per heavy atom. The van der Waals surface area contributed by atoms with Crippen molar-refractivity contribution in [3.8, 4) is 11.5 Å². The van der Waals surface area contributed by atoms with Gasteiger partial charge in [0.1, 0.15) is 5.70 Å². The highest BCUT2D eigenvalue weighted by molar-refractivity contribution is 7.88. The lowest BCUT2D eigenvalue weighted by Crippen LogP contribution is -2.38. The van der Waals surface area contributed by atoms with E-state index >= 15 is 0 Å². The van der Waals surface area contributed by atoms with Crippen LogP contribution < -0.4 is 14.8 Å². The molecule has 2 aliphatic rings. The quantitative estimate of drug-likeness (QED) is 0.820. The molecule has 0 bridgehead atoms. The minimum Gasteiger partial charge on any atom is -0.454 e. The summed E-state index contributed by atoms with van der Waals surface area (Å²) in [7, 11) is -2.76. The highest BCUT2D eigenvalue weighted by Gasteiger charge is 2.30. The number of benzene rings is 1. The topological polar surface area (TPSA) is 110 Å². The van der Waals surface area contributed by atoms with Gasteiger partial charge < -0.3 is 14.8 Å². The Hall–Kier alpha value is -3.40. The monoisotopic (exact) mass is 400 g/mol. The molecule has 0 saturated heterocycles. The first-order valence-electron chi connectivity index (χ1n) is 8.32. The Bertz CT molecular complexity index is 1100. The summed E-state index contributed by atoms with van der Waals surface area (Å²) in [6, 6.07) is 8.52. The predicted molar refractivity (Wildman–Crippen MR) is 100.0 cm³/mol. The second-order valence-corrected chi connectivity index (χ2v) is 7.69. The van der Waals surface area contributed by atoms with Crippen LogP contribution in [-0.4, -0.2) is 43.2 Å². The van der Waals surface area contributed by atoms with E-state index in [0.29, 0.717) is 17.1 Å². The average molecular weight is 400 g/mol. The van der Waals surface area contributed by atoms with Crippen LogP contribution in [-0.2, 0) is 21.5 Å². The number of hydrogen-bond donors (Lipinski definition) is 1. The van der Waals surface area contributed by atoms with Crippen LogP contribution in [0.25, 0.3) is 0 Å². The van der Waals surface area contributed by atoms with Gasteiger partial charge in [-0.1, -0.05) is 6.07 Å². The standard InChI is InChI=1S/C18H16N4O5S/c1-22-15(18(23)20-10-12-3-2-6-19-9-12)8-14(21-28(22,24)25)13-4-5-16-17(7-13)27-11-26-16/h2-9H,10-11H2,1H3,(H,20,23). The molecule has 0 fully saturated rings. The van der Waals surface area contributed by atoms with Gasteiger partial charge in [0.05, 0.1) is 5.71 Å². The Morgan fingerprint density at radius 3 is 2.86 bits per heavy atom. The van der Waals surface area contributed by atoms with Gasteiger partial charge in [-0.05, 0) is 35.9 Å². The van der Waals surface area contributed by atoms with Gasteiger partial charge in [0.25, 0.3) is 5.91 Å². The molecular weight excluding hydrogens is 384 g/mol. The lowest BCUT2D eigenvalue weighted by Gasteiger charge is -2.23. The third kappa shape index (κ3) is 3.41. The first kappa shape index (κ1) is 18.0. The second kappa shape index (κ2) is 6.97. The van der Waals surface area contributed by atoms with Crippen LogP contribution in [0.1, 0.15) is 11.1 Å². The molecular formula is C18H16N4O5S. The van der Waals surface area contributed by atoms with E-state index in [2.05, 4.69) is 14.7 Å². The number of aromatic nitrogens is 1. The molecule has 2 aromatic rings. The molecule has 10 heteroatoms. The first-order valence-corrected chi connectivity index (χ1v) is 9.71. The van der Waals surface area contributed by atoms with E-state index in [9.17, 15) is 13.2 Å². The van der Waals surface area contributed by atoms with Crippen molar-refractivity contribution in [2.24, 2.45) is 4.40 Å². The average Bonchev–Trinajstić information content (AvgIpc) is 3.16. The molecule has 0 aliphatic carbocycles. The van der Waals surface area contributed by atoms with Crippen LogP contribution in [0.4, 0.5) is 0 Å². The summed E-state index contributed by atoms with van der Waals surface area (Å²) in [5.74, 6) is 0.522. The number of rotatable bonds is 4. The van der Waals surface area contributed by atoms with Gasteiger partial charge in [0.15, 0.2) is 11.5 Å². The van der Waals surface area contributed by atoms with Crippen molar-refractivity contribution in [3.05, 3.63) is 65.6 Å². The normalized spacial score (nSPS) is 17.0. The number of allylic oxidation sites excluding steroid dienone is 1. The molecule has 1 amide bonds. The van der Waals surface area contributed by atoms with E-state index in [1.165, 1.54) is 13.1 Å². The lowest BCUT2D eigenvalue weighted by molar-refractivity contribution is -0.118. The highest BCUT2D eigenvalue weighted by Crippen LogP contribution is 2.33. The van der Waals surface area contributed by atoms with Crippen molar-refractivity contribution in [2.45, 2.75) is 6.54 Å². The predicted octanol–water partition coefficient (Wildman–Crippen LogP) is 0.990. The molecule has 1 aromatic heterocycles. The summed E-state index contributed by atoms with van der Waals surface area (Å²) < 4.78 is 40.1. The number of likely N-dealkylation sites (N-methyl/N-ethyl adjacent to an activating group) is 1. The fourth-order valence-electron chi connectivity index (χ4n) is 2.73. The molecule has 0 spiro atoms. The number of carbonyl (C=O) groups excluding carboxylic acids is 1. The van der Waals surface area contributed by atoms with E-state index < -0.39 is 16.1 Å². The number of carbonyl (C=O) groups is 1. The van der Waals surface area contributed by atoms with Crippen LogP contribution in [0.15, 0.2) is 58.9 Å². The molecule has 2 aliphatic heterocycles. The molecule has 0 atom stereocenters. The lowest BCUT2D eigenvalue weighted by atomic mass is 10.1. The summed E-state index contributed by atoms with van der Waals surface area (Å²) in [6.45, 7) is 0.318. The molecule has 144 valence electrons. The minimum atomic E-state index is -4.04. The molecule has 0 saturated carbocycles. The number of pyridine rings is 1. The first-order chi connectivity index (χ1) is 13.4. The zero-order valence-corrected chi connectivity index (χ0v) is 15.6. The summed E-state index contributed by atoms with van der Waals surface area (Å²) in [6.07, 6.45) is 4.68. The molecule has 9 nitrogen and oxygen atoms in total. The van der Waals surface area contributed by atoms with Crippen molar-refractivity contribution < 1.29 is 22.7 Å². The van der Waals surface area contributed by atoms with Gasteiger partial charge in [0, 0.05) is 31.5 Å². The maximum Gasteiger partial charge on any atom is 0.345 e. The number of fused-ring (bicyclic) bond motifs is 1. The summed E-state index contributed by atoms with van der Waals surface area (Å²) >= 11 is 0. The molecule has 28 heavy (non-hydrogen) atoms. The van der Waals surface area contributed by atoms with Gasteiger partial charge in [-0.3, -0.25) is 9.78 Å². The Morgan fingerprint density at radius 1 is 1.25 bits per heavy atom. The molecule has 1 N–H and O–H groups in total. The zero-order valence-electron chi connectivity index (χ0n) is 14.8. The van der Waals surface area contributed by atoms with Gasteiger partial charge >= 0.3 is 10.2 Å². The third-order valence-corrected chi connectivity index (χ3v) is 5.57. The number of hydrogen-bond acceptors (Lipinski definition) is 6. The van der Waals surface area contributed by atoms with Gasteiger partial charge in [0.2, 0.25) is 6.79 Å². The Labute approximate surface area is 161 Å². The fraction of sp³-hybridized carbons (Fsp3) is 0.167. The SMILES string of the molecule is CN1C(C(=O)NCc2cccnc2)=CC(c2ccc3c(c2)OCO3)=NS1(=O)=O. The van der Waals surface area contributed by atoms with Crippen molar-refractivity contribution in [3.63, 3.8) is 0 Å². The van der Waals surface area contributed by atoms with Crippen LogP contribution >= 0.6 is 0 Å². The smallest absolute Gasteiger partial charge is 0.345 e. The number of nitrogens with zero attached hydrogens (tertiary/aromatic N) is 3. The Kier molecular flexibility index (Phi) is 4.47. The molecule has 3 heterocycles. The maximum absolute atomic E-state index is 12.6. The summed E-state index contributed by atoms with van der Waals surface area (Å²) in [5.41, 5.74) is 1.40. The van der Waals surface area contributed by atoms with Crippen LogP contribution in [0.5, 0.6) is 11.5 Å². The number of nitrogens with one attached hydrogen (secondary N) is 1. The third-order valence-electron chi connectivity index (χ3n) is 4.25. The van der Waals surface area contributed by atoms with Crippen LogP contribution in [0.3, 0.4) is 0 Å². The summed E-state index contributed by atoms with van der Waals surface area (Å²) in [5, 5.41) is 2.70. The number of amides is 1. The maximum atomic E-state index is 12.6. The molecule has 0 radical (unpaired) electrons. The van der Waals surface area contributed by atoms with Crippen molar-refractivity contribution in [1.82, 2.24) is 14.6 Å².